The maximum atomic E-state index is 12.3. The first-order valence-corrected chi connectivity index (χ1v) is 6.47. The van der Waals surface area contributed by atoms with E-state index in [9.17, 15) is 9.59 Å². The van der Waals surface area contributed by atoms with Gasteiger partial charge in [0.1, 0.15) is 6.04 Å². The molecule has 3 atom stereocenters. The van der Waals surface area contributed by atoms with E-state index < -0.39 is 12.0 Å². The Morgan fingerprint density at radius 1 is 1.12 bits per heavy atom. The minimum atomic E-state index is -0.861. The number of fused-ring (bicyclic) bond motifs is 2. The number of carbonyl (C=O) groups is 2. The second-order valence-electron chi connectivity index (χ2n) is 5.46. The lowest BCUT2D eigenvalue weighted by Gasteiger charge is -2.33. The van der Waals surface area contributed by atoms with E-state index in [1.165, 1.54) is 6.42 Å². The van der Waals surface area contributed by atoms with Crippen LogP contribution < -0.4 is 0 Å². The molecule has 2 saturated heterocycles. The normalized spacial score (nSPS) is 35.6. The molecule has 0 spiro atoms. The Hall–Kier alpha value is -1.26. The van der Waals surface area contributed by atoms with E-state index in [2.05, 4.69) is 0 Å². The molecular formula is C12H18N2O3. The van der Waals surface area contributed by atoms with Gasteiger partial charge in [-0.1, -0.05) is 0 Å². The van der Waals surface area contributed by atoms with Crippen LogP contribution in [0.25, 0.3) is 0 Å². The summed E-state index contributed by atoms with van der Waals surface area (Å²) in [6.45, 7) is 1.44. The summed E-state index contributed by atoms with van der Waals surface area (Å²) in [4.78, 5) is 26.9. The highest BCUT2D eigenvalue weighted by Crippen LogP contribution is 2.38. The van der Waals surface area contributed by atoms with Gasteiger partial charge in [-0.3, -0.25) is 0 Å². The molecule has 94 valence electrons. The van der Waals surface area contributed by atoms with Crippen LogP contribution in [0.2, 0.25) is 0 Å². The van der Waals surface area contributed by atoms with Gasteiger partial charge >= 0.3 is 12.0 Å². The number of amides is 2. The maximum absolute atomic E-state index is 12.3. The predicted octanol–water partition coefficient (Wildman–Crippen LogP) is 1.14. The summed E-state index contributed by atoms with van der Waals surface area (Å²) in [7, 11) is 0. The first kappa shape index (κ1) is 10.9. The van der Waals surface area contributed by atoms with Crippen LogP contribution in [-0.2, 0) is 4.79 Å². The van der Waals surface area contributed by atoms with Gasteiger partial charge in [-0.2, -0.15) is 0 Å². The molecule has 1 N–H and O–H groups in total. The molecule has 17 heavy (non-hydrogen) atoms. The van der Waals surface area contributed by atoms with Gasteiger partial charge in [0.25, 0.3) is 0 Å². The number of rotatable bonds is 1. The third kappa shape index (κ3) is 1.68. The third-order valence-electron chi connectivity index (χ3n) is 4.44. The zero-order valence-electron chi connectivity index (χ0n) is 9.84. The fraction of sp³-hybridized carbons (Fsp3) is 0.833. The molecule has 0 aromatic rings. The molecule has 1 aliphatic carbocycles. The third-order valence-corrected chi connectivity index (χ3v) is 4.44. The van der Waals surface area contributed by atoms with Crippen molar-refractivity contribution in [3.63, 3.8) is 0 Å². The van der Waals surface area contributed by atoms with E-state index in [4.69, 9.17) is 5.11 Å². The number of nitrogens with zero attached hydrogens (tertiary/aromatic N) is 2. The highest BCUT2D eigenvalue weighted by molar-refractivity contribution is 5.83. The molecule has 2 aliphatic heterocycles. The smallest absolute Gasteiger partial charge is 0.326 e. The van der Waals surface area contributed by atoms with Crippen LogP contribution in [0.1, 0.15) is 32.1 Å². The monoisotopic (exact) mass is 238 g/mol. The predicted molar refractivity (Wildman–Crippen MR) is 60.6 cm³/mol. The molecule has 2 amide bonds. The van der Waals surface area contributed by atoms with Gasteiger partial charge in [-0.05, 0) is 38.0 Å². The first-order valence-electron chi connectivity index (χ1n) is 6.47. The molecule has 2 bridgehead atoms. The van der Waals surface area contributed by atoms with Crippen LogP contribution >= 0.6 is 0 Å². The minimum absolute atomic E-state index is 0.0397. The van der Waals surface area contributed by atoms with Crippen molar-refractivity contribution >= 4 is 12.0 Å². The zero-order valence-corrected chi connectivity index (χ0v) is 9.84. The molecule has 1 saturated carbocycles. The number of urea groups is 1. The van der Waals surface area contributed by atoms with Gasteiger partial charge in [0, 0.05) is 19.1 Å². The van der Waals surface area contributed by atoms with Crippen LogP contribution in [0.15, 0.2) is 0 Å². The van der Waals surface area contributed by atoms with E-state index >= 15 is 0 Å². The standard InChI is InChI=1S/C12H18N2O3/c15-11(16)10-2-1-5-13(10)12(17)14-7-8-3-4-9(14)6-8/h8-10H,1-7H2,(H,15,16). The Labute approximate surface area is 100 Å². The van der Waals surface area contributed by atoms with E-state index in [-0.39, 0.29) is 6.03 Å². The summed E-state index contributed by atoms with van der Waals surface area (Å²) in [6.07, 6.45) is 4.86. The highest BCUT2D eigenvalue weighted by atomic mass is 16.4. The van der Waals surface area contributed by atoms with Gasteiger partial charge in [0.05, 0.1) is 0 Å². The number of hydrogen-bond acceptors (Lipinski definition) is 2. The summed E-state index contributed by atoms with van der Waals surface area (Å²) >= 11 is 0. The van der Waals surface area contributed by atoms with Crippen molar-refractivity contribution in [1.29, 1.82) is 0 Å². The summed E-state index contributed by atoms with van der Waals surface area (Å²) in [5.74, 6) is -0.199. The molecule has 5 heteroatoms. The Morgan fingerprint density at radius 2 is 1.94 bits per heavy atom. The van der Waals surface area contributed by atoms with Crippen molar-refractivity contribution in [2.45, 2.75) is 44.2 Å². The van der Waals surface area contributed by atoms with Crippen molar-refractivity contribution in [1.82, 2.24) is 9.80 Å². The zero-order chi connectivity index (χ0) is 12.0. The Morgan fingerprint density at radius 3 is 2.53 bits per heavy atom. The van der Waals surface area contributed by atoms with E-state index in [1.807, 2.05) is 4.90 Å². The van der Waals surface area contributed by atoms with Gasteiger partial charge < -0.3 is 14.9 Å². The first-order chi connectivity index (χ1) is 8.16. The fourth-order valence-corrected chi connectivity index (χ4v) is 3.58. The molecule has 3 fully saturated rings. The number of hydrogen-bond donors (Lipinski definition) is 1. The molecule has 3 unspecified atom stereocenters. The van der Waals surface area contributed by atoms with Crippen LogP contribution in [0.4, 0.5) is 4.79 Å². The second-order valence-corrected chi connectivity index (χ2v) is 5.46. The number of likely N-dealkylation sites (tertiary alicyclic amines) is 2. The van der Waals surface area contributed by atoms with E-state index in [1.54, 1.807) is 4.90 Å². The summed E-state index contributed by atoms with van der Waals surface area (Å²) in [5, 5.41) is 9.09. The average Bonchev–Trinajstić information content (AvgIpc) is 3.02. The number of carboxylic acid groups (broad SMARTS) is 1. The molecule has 2 heterocycles. The molecule has 0 aromatic heterocycles. The van der Waals surface area contributed by atoms with Crippen LogP contribution in [0.3, 0.4) is 0 Å². The largest absolute Gasteiger partial charge is 0.480 e. The van der Waals surface area contributed by atoms with E-state index in [0.717, 1.165) is 25.8 Å². The van der Waals surface area contributed by atoms with Gasteiger partial charge in [0.2, 0.25) is 0 Å². The summed E-state index contributed by atoms with van der Waals surface area (Å²) < 4.78 is 0. The topological polar surface area (TPSA) is 60.9 Å². The molecule has 3 aliphatic rings. The Balaban J connectivity index is 1.71. The lowest BCUT2D eigenvalue weighted by molar-refractivity contribution is -0.141. The van der Waals surface area contributed by atoms with Crippen LogP contribution in [0.5, 0.6) is 0 Å². The SMILES string of the molecule is O=C(O)C1CCCN1C(=O)N1CC2CCC1C2. The van der Waals surface area contributed by atoms with E-state index in [0.29, 0.717) is 24.9 Å². The van der Waals surface area contributed by atoms with Crippen molar-refractivity contribution in [2.75, 3.05) is 13.1 Å². The second kappa shape index (κ2) is 3.89. The van der Waals surface area contributed by atoms with Gasteiger partial charge in [-0.15, -0.1) is 0 Å². The number of carbonyl (C=O) groups excluding carboxylic acids is 1. The van der Waals surface area contributed by atoms with Crippen molar-refractivity contribution in [3.8, 4) is 0 Å². The minimum Gasteiger partial charge on any atom is -0.480 e. The molecular weight excluding hydrogens is 220 g/mol. The Bertz CT molecular complexity index is 358. The van der Waals surface area contributed by atoms with Crippen LogP contribution in [-0.4, -0.2) is 52.1 Å². The number of piperidine rings is 1. The molecule has 0 aromatic carbocycles. The van der Waals surface area contributed by atoms with Crippen molar-refractivity contribution < 1.29 is 14.7 Å². The fourth-order valence-electron chi connectivity index (χ4n) is 3.58. The molecule has 5 nitrogen and oxygen atoms in total. The summed E-state index contributed by atoms with van der Waals surface area (Å²) in [5.41, 5.74) is 0. The number of carboxylic acids is 1. The lowest BCUT2D eigenvalue weighted by atomic mass is 10.1. The Kier molecular flexibility index (Phi) is 2.49. The maximum Gasteiger partial charge on any atom is 0.326 e. The summed E-state index contributed by atoms with van der Waals surface area (Å²) in [6, 6.07) is -0.258. The van der Waals surface area contributed by atoms with Crippen LogP contribution in [0, 0.1) is 5.92 Å². The number of aliphatic carboxylic acids is 1. The lowest BCUT2D eigenvalue weighted by Crippen LogP contribution is -2.50. The average molecular weight is 238 g/mol. The quantitative estimate of drug-likeness (QED) is 0.745. The molecule has 3 rings (SSSR count). The van der Waals surface area contributed by atoms with Crippen molar-refractivity contribution in [3.05, 3.63) is 0 Å². The van der Waals surface area contributed by atoms with Crippen molar-refractivity contribution in [2.24, 2.45) is 5.92 Å². The molecule has 0 radical (unpaired) electrons. The van der Waals surface area contributed by atoms with Gasteiger partial charge in [-0.25, -0.2) is 9.59 Å². The van der Waals surface area contributed by atoms with Gasteiger partial charge in [0.15, 0.2) is 0 Å². The highest BCUT2D eigenvalue weighted by Gasteiger charge is 2.44.